The predicted molar refractivity (Wildman–Crippen MR) is 76.1 cm³/mol. The molecule has 1 aromatic rings. The summed E-state index contributed by atoms with van der Waals surface area (Å²) in [7, 11) is 0. The number of hydrogen-bond acceptors (Lipinski definition) is 1. The van der Waals surface area contributed by atoms with Crippen LogP contribution in [0.3, 0.4) is 0 Å². The maximum Gasteiger partial charge on any atom is 0.122 e. The van der Waals surface area contributed by atoms with E-state index < -0.39 is 0 Å². The fraction of sp³-hybridized carbons (Fsp3) is 0.600. The van der Waals surface area contributed by atoms with Gasteiger partial charge >= 0.3 is 0 Å². The lowest BCUT2D eigenvalue weighted by Crippen LogP contribution is -2.54. The number of hydrogen-bond donors (Lipinski definition) is 0. The molecule has 1 aliphatic rings. The highest BCUT2D eigenvalue weighted by Gasteiger charge is 2.50. The molecule has 2 rings (SSSR count). The minimum absolute atomic E-state index is 0.274. The predicted octanol–water partition coefficient (Wildman–Crippen LogP) is 4.63. The van der Waals surface area contributed by atoms with Crippen LogP contribution in [0.25, 0.3) is 0 Å². The second kappa shape index (κ2) is 4.64. The van der Waals surface area contributed by atoms with Gasteiger partial charge in [0, 0.05) is 10.2 Å². The molecule has 1 aliphatic carbocycles. The van der Waals surface area contributed by atoms with Crippen molar-refractivity contribution in [1.29, 1.82) is 0 Å². The van der Waals surface area contributed by atoms with Crippen molar-refractivity contribution < 1.29 is 4.74 Å². The highest BCUT2D eigenvalue weighted by atomic mass is 79.9. The van der Waals surface area contributed by atoms with Gasteiger partial charge in [-0.1, -0.05) is 41.9 Å². The van der Waals surface area contributed by atoms with Crippen LogP contribution in [0.4, 0.5) is 0 Å². The number of ether oxygens (including phenoxy) is 1. The van der Waals surface area contributed by atoms with E-state index >= 15 is 0 Å². The first kappa shape index (κ1) is 12.9. The summed E-state index contributed by atoms with van der Waals surface area (Å²) in [5, 5.41) is 0. The molecule has 94 valence electrons. The zero-order valence-corrected chi connectivity index (χ0v) is 12.7. The van der Waals surface area contributed by atoms with E-state index in [4.69, 9.17) is 4.74 Å². The van der Waals surface area contributed by atoms with Gasteiger partial charge in [0.05, 0.1) is 0 Å². The minimum Gasteiger partial charge on any atom is -0.489 e. The number of aryl methyl sites for hydroxylation is 1. The minimum atomic E-state index is 0.274. The first-order valence-electron chi connectivity index (χ1n) is 6.36. The maximum atomic E-state index is 6.21. The molecular weight excluding hydrogens is 276 g/mol. The Morgan fingerprint density at radius 1 is 1.41 bits per heavy atom. The molecule has 1 fully saturated rings. The fourth-order valence-electron chi connectivity index (χ4n) is 2.40. The summed E-state index contributed by atoms with van der Waals surface area (Å²) in [6.45, 7) is 8.83. The monoisotopic (exact) mass is 296 g/mol. The van der Waals surface area contributed by atoms with Crippen molar-refractivity contribution in [3.05, 3.63) is 29.3 Å². The molecule has 3 unspecified atom stereocenters. The van der Waals surface area contributed by atoms with E-state index in [0.717, 1.165) is 18.6 Å². The van der Waals surface area contributed by atoms with Crippen LogP contribution in [-0.2, 0) is 0 Å². The Morgan fingerprint density at radius 3 is 2.71 bits per heavy atom. The van der Waals surface area contributed by atoms with Crippen LogP contribution in [0.15, 0.2) is 18.2 Å². The molecule has 3 atom stereocenters. The lowest BCUT2D eigenvalue weighted by atomic mass is 9.65. The fourth-order valence-corrected chi connectivity index (χ4v) is 3.36. The zero-order valence-electron chi connectivity index (χ0n) is 11.1. The maximum absolute atomic E-state index is 6.21. The Labute approximate surface area is 113 Å². The third kappa shape index (κ3) is 2.12. The highest BCUT2D eigenvalue weighted by Crippen LogP contribution is 2.50. The lowest BCUT2D eigenvalue weighted by Gasteiger charge is -2.50. The standard InChI is InChI=1S/C15H21BrO/c1-5-15(4)13(16)9-14(15)17-12-8-6-7-10(2)11(12)3/h6-8,13-14H,5,9H2,1-4H3. The van der Waals surface area contributed by atoms with E-state index in [1.54, 1.807) is 0 Å². The van der Waals surface area contributed by atoms with Gasteiger partial charge < -0.3 is 4.74 Å². The molecule has 0 amide bonds. The molecule has 2 heteroatoms. The van der Waals surface area contributed by atoms with Crippen LogP contribution in [0.1, 0.15) is 37.8 Å². The van der Waals surface area contributed by atoms with Crippen molar-refractivity contribution in [1.82, 2.24) is 0 Å². The number of alkyl halides is 1. The van der Waals surface area contributed by atoms with Crippen LogP contribution in [0.2, 0.25) is 0 Å². The Bertz CT molecular complexity index is 415. The van der Waals surface area contributed by atoms with Crippen LogP contribution < -0.4 is 4.74 Å². The number of rotatable bonds is 3. The molecular formula is C15H21BrO. The lowest BCUT2D eigenvalue weighted by molar-refractivity contribution is -0.0247. The van der Waals surface area contributed by atoms with Crippen LogP contribution >= 0.6 is 15.9 Å². The first-order valence-corrected chi connectivity index (χ1v) is 7.27. The van der Waals surface area contributed by atoms with Crippen LogP contribution in [0, 0.1) is 19.3 Å². The van der Waals surface area contributed by atoms with Crippen LogP contribution in [0.5, 0.6) is 5.75 Å². The smallest absolute Gasteiger partial charge is 0.122 e. The van der Waals surface area contributed by atoms with Crippen molar-refractivity contribution in [3.63, 3.8) is 0 Å². The van der Waals surface area contributed by atoms with Gasteiger partial charge in [-0.05, 0) is 43.9 Å². The SMILES string of the molecule is CCC1(C)C(Br)CC1Oc1cccc(C)c1C. The van der Waals surface area contributed by atoms with Crippen molar-refractivity contribution in [2.75, 3.05) is 0 Å². The molecule has 17 heavy (non-hydrogen) atoms. The first-order chi connectivity index (χ1) is 7.99. The number of halogens is 1. The summed E-state index contributed by atoms with van der Waals surface area (Å²) >= 11 is 3.75. The van der Waals surface area contributed by atoms with Gasteiger partial charge in [-0.2, -0.15) is 0 Å². The van der Waals surface area contributed by atoms with Crippen molar-refractivity contribution in [2.24, 2.45) is 5.41 Å². The average Bonchev–Trinajstić information content (AvgIpc) is 2.33. The van der Waals surface area contributed by atoms with Crippen molar-refractivity contribution in [3.8, 4) is 5.75 Å². The van der Waals surface area contributed by atoms with E-state index in [-0.39, 0.29) is 5.41 Å². The average molecular weight is 297 g/mol. The van der Waals surface area contributed by atoms with Crippen molar-refractivity contribution >= 4 is 15.9 Å². The molecule has 1 nitrogen and oxygen atoms in total. The van der Waals surface area contributed by atoms with Gasteiger partial charge in [-0.15, -0.1) is 0 Å². The second-order valence-electron chi connectivity index (χ2n) is 5.37. The zero-order chi connectivity index (χ0) is 12.6. The van der Waals surface area contributed by atoms with Gasteiger partial charge in [-0.3, -0.25) is 0 Å². The van der Waals surface area contributed by atoms with E-state index in [1.165, 1.54) is 11.1 Å². The quantitative estimate of drug-likeness (QED) is 0.739. The van der Waals surface area contributed by atoms with E-state index in [0.29, 0.717) is 10.9 Å². The van der Waals surface area contributed by atoms with Gasteiger partial charge in [0.25, 0.3) is 0 Å². The third-order valence-corrected chi connectivity index (χ3v) is 5.88. The number of benzene rings is 1. The molecule has 0 spiro atoms. The van der Waals surface area contributed by atoms with Gasteiger partial charge in [-0.25, -0.2) is 0 Å². The van der Waals surface area contributed by atoms with E-state index in [2.05, 4.69) is 61.8 Å². The Morgan fingerprint density at radius 2 is 2.12 bits per heavy atom. The molecule has 0 heterocycles. The van der Waals surface area contributed by atoms with Crippen LogP contribution in [-0.4, -0.2) is 10.9 Å². The Kier molecular flexibility index (Phi) is 3.53. The summed E-state index contributed by atoms with van der Waals surface area (Å²) in [5.74, 6) is 1.05. The Hall–Kier alpha value is -0.500. The largest absolute Gasteiger partial charge is 0.489 e. The molecule has 0 aliphatic heterocycles. The van der Waals surface area contributed by atoms with E-state index in [9.17, 15) is 0 Å². The summed E-state index contributed by atoms with van der Waals surface area (Å²) in [4.78, 5) is 0.593. The summed E-state index contributed by atoms with van der Waals surface area (Å²) in [5.41, 5.74) is 2.84. The molecule has 0 bridgehead atoms. The topological polar surface area (TPSA) is 9.23 Å². The highest BCUT2D eigenvalue weighted by molar-refractivity contribution is 9.09. The molecule has 0 N–H and O–H groups in total. The summed E-state index contributed by atoms with van der Waals surface area (Å²) in [6.07, 6.45) is 2.60. The molecule has 0 saturated heterocycles. The van der Waals surface area contributed by atoms with Gasteiger partial charge in [0.1, 0.15) is 11.9 Å². The van der Waals surface area contributed by atoms with E-state index in [1.807, 2.05) is 0 Å². The molecule has 1 saturated carbocycles. The van der Waals surface area contributed by atoms with Crippen molar-refractivity contribution in [2.45, 2.75) is 51.5 Å². The molecule has 0 aromatic heterocycles. The summed E-state index contributed by atoms with van der Waals surface area (Å²) < 4.78 is 6.21. The normalized spacial score (nSPS) is 32.1. The Balaban J connectivity index is 2.15. The summed E-state index contributed by atoms with van der Waals surface area (Å²) in [6, 6.07) is 6.29. The third-order valence-electron chi connectivity index (χ3n) is 4.46. The molecule has 0 radical (unpaired) electrons. The molecule has 1 aromatic carbocycles. The second-order valence-corrected chi connectivity index (χ2v) is 6.47. The van der Waals surface area contributed by atoms with Gasteiger partial charge in [0.2, 0.25) is 0 Å². The van der Waals surface area contributed by atoms with Gasteiger partial charge in [0.15, 0.2) is 0 Å².